The molecule has 1 aliphatic heterocycles. The standard InChI is InChI=1S/C8H9OP/c1-2-4-8-7(3-1)5-6-10-9-8/h1-4,10H,5-6H2. The van der Waals surface area contributed by atoms with Gasteiger partial charge in [0.05, 0.1) is 8.81 Å². The Kier molecular flexibility index (Phi) is 1.60. The SMILES string of the molecule is c1ccc2c(c1)CCPO2. The zero-order valence-corrected chi connectivity index (χ0v) is 6.63. The maximum atomic E-state index is 5.45. The number of aryl methyl sites for hydroxylation is 1. The van der Waals surface area contributed by atoms with Crippen molar-refractivity contribution in [2.75, 3.05) is 6.16 Å². The van der Waals surface area contributed by atoms with E-state index in [0.29, 0.717) is 8.81 Å². The Bertz CT molecular complexity index is 209. The van der Waals surface area contributed by atoms with E-state index in [-0.39, 0.29) is 0 Å². The monoisotopic (exact) mass is 152 g/mol. The summed E-state index contributed by atoms with van der Waals surface area (Å²) in [5.41, 5.74) is 1.36. The van der Waals surface area contributed by atoms with E-state index in [2.05, 4.69) is 12.1 Å². The van der Waals surface area contributed by atoms with Gasteiger partial charge in [0, 0.05) is 6.16 Å². The molecule has 10 heavy (non-hydrogen) atoms. The molecule has 0 spiro atoms. The Labute approximate surface area is 62.3 Å². The van der Waals surface area contributed by atoms with Gasteiger partial charge >= 0.3 is 0 Å². The Morgan fingerprint density at radius 1 is 1.30 bits per heavy atom. The first-order valence-electron chi connectivity index (χ1n) is 3.44. The quantitative estimate of drug-likeness (QED) is 0.518. The lowest BCUT2D eigenvalue weighted by Crippen LogP contribution is -1.98. The molecule has 1 atom stereocenters. The summed E-state index contributed by atoms with van der Waals surface area (Å²) >= 11 is 0. The van der Waals surface area contributed by atoms with Gasteiger partial charge in [0.15, 0.2) is 0 Å². The Morgan fingerprint density at radius 2 is 2.20 bits per heavy atom. The minimum atomic E-state index is 0.669. The van der Waals surface area contributed by atoms with Gasteiger partial charge in [-0.25, -0.2) is 0 Å². The number of para-hydroxylation sites is 1. The van der Waals surface area contributed by atoms with Crippen LogP contribution in [0.1, 0.15) is 5.56 Å². The predicted molar refractivity (Wildman–Crippen MR) is 44.0 cm³/mol. The van der Waals surface area contributed by atoms with Crippen molar-refractivity contribution in [2.45, 2.75) is 6.42 Å². The summed E-state index contributed by atoms with van der Waals surface area (Å²) in [6.07, 6.45) is 2.38. The van der Waals surface area contributed by atoms with E-state index in [1.165, 1.54) is 18.1 Å². The fraction of sp³-hybridized carbons (Fsp3) is 0.250. The van der Waals surface area contributed by atoms with Gasteiger partial charge in [0.2, 0.25) is 0 Å². The summed E-state index contributed by atoms with van der Waals surface area (Å²) in [5, 5.41) is 0. The van der Waals surface area contributed by atoms with Gasteiger partial charge in [-0.2, -0.15) is 0 Å². The highest BCUT2D eigenvalue weighted by atomic mass is 31.1. The molecule has 0 amide bonds. The molecular weight excluding hydrogens is 143 g/mol. The number of rotatable bonds is 0. The summed E-state index contributed by atoms with van der Waals surface area (Å²) in [4.78, 5) is 0. The van der Waals surface area contributed by atoms with E-state index >= 15 is 0 Å². The molecule has 0 saturated carbocycles. The Hall–Kier alpha value is -0.550. The van der Waals surface area contributed by atoms with Gasteiger partial charge in [-0.15, -0.1) is 0 Å². The Morgan fingerprint density at radius 3 is 3.10 bits per heavy atom. The molecule has 52 valence electrons. The number of hydrogen-bond donors (Lipinski definition) is 0. The first kappa shape index (κ1) is 6.18. The summed E-state index contributed by atoms with van der Waals surface area (Å²) < 4.78 is 5.45. The fourth-order valence-electron chi connectivity index (χ4n) is 1.12. The number of hydrogen-bond acceptors (Lipinski definition) is 1. The smallest absolute Gasteiger partial charge is 0.126 e. The van der Waals surface area contributed by atoms with Gasteiger partial charge < -0.3 is 4.52 Å². The topological polar surface area (TPSA) is 9.23 Å². The van der Waals surface area contributed by atoms with Crippen LogP contribution in [0.25, 0.3) is 0 Å². The molecule has 1 heterocycles. The van der Waals surface area contributed by atoms with Crippen LogP contribution in [0.3, 0.4) is 0 Å². The molecule has 1 aromatic rings. The fourth-order valence-corrected chi connectivity index (χ4v) is 1.95. The van der Waals surface area contributed by atoms with Gasteiger partial charge in [-0.1, -0.05) is 18.2 Å². The van der Waals surface area contributed by atoms with Crippen molar-refractivity contribution in [3.05, 3.63) is 29.8 Å². The third-order valence-electron chi connectivity index (χ3n) is 1.65. The average Bonchev–Trinajstić information content (AvgIpc) is 2.05. The van der Waals surface area contributed by atoms with Crippen molar-refractivity contribution in [3.63, 3.8) is 0 Å². The molecule has 0 aliphatic carbocycles. The summed E-state index contributed by atoms with van der Waals surface area (Å²) in [6.45, 7) is 0. The molecule has 0 aromatic heterocycles. The van der Waals surface area contributed by atoms with E-state index in [1.807, 2.05) is 12.1 Å². The highest BCUT2D eigenvalue weighted by molar-refractivity contribution is 7.32. The van der Waals surface area contributed by atoms with Crippen molar-refractivity contribution in [3.8, 4) is 5.75 Å². The Balaban J connectivity index is 2.41. The molecule has 0 bridgehead atoms. The third-order valence-corrected chi connectivity index (χ3v) is 2.47. The van der Waals surface area contributed by atoms with E-state index in [1.54, 1.807) is 0 Å². The second-order valence-corrected chi connectivity index (χ2v) is 3.35. The van der Waals surface area contributed by atoms with Crippen LogP contribution in [0.2, 0.25) is 0 Å². The van der Waals surface area contributed by atoms with Crippen molar-refractivity contribution < 1.29 is 4.52 Å². The van der Waals surface area contributed by atoms with E-state index in [9.17, 15) is 0 Å². The molecule has 0 radical (unpaired) electrons. The second-order valence-electron chi connectivity index (χ2n) is 2.35. The third kappa shape index (κ3) is 1.02. The zero-order chi connectivity index (χ0) is 6.81. The summed E-state index contributed by atoms with van der Waals surface area (Å²) in [7, 11) is 0.669. The van der Waals surface area contributed by atoms with E-state index in [4.69, 9.17) is 4.52 Å². The van der Waals surface area contributed by atoms with Gasteiger partial charge in [0.25, 0.3) is 0 Å². The lowest BCUT2D eigenvalue weighted by Gasteiger charge is -2.15. The molecule has 0 N–H and O–H groups in total. The summed E-state index contributed by atoms with van der Waals surface area (Å²) in [5.74, 6) is 1.09. The van der Waals surface area contributed by atoms with Crippen LogP contribution in [0.5, 0.6) is 5.75 Å². The normalized spacial score (nSPS) is 18.0. The molecule has 1 nitrogen and oxygen atoms in total. The predicted octanol–water partition coefficient (Wildman–Crippen LogP) is 2.22. The van der Waals surface area contributed by atoms with E-state index < -0.39 is 0 Å². The molecular formula is C8H9OP. The lowest BCUT2D eigenvalue weighted by atomic mass is 10.1. The van der Waals surface area contributed by atoms with Crippen LogP contribution in [0, 0.1) is 0 Å². The van der Waals surface area contributed by atoms with Crippen LogP contribution < -0.4 is 4.52 Å². The van der Waals surface area contributed by atoms with Gasteiger partial charge in [-0.3, -0.25) is 0 Å². The first-order valence-corrected chi connectivity index (χ1v) is 4.56. The summed E-state index contributed by atoms with van der Waals surface area (Å²) in [6, 6.07) is 8.27. The molecule has 1 aromatic carbocycles. The number of benzene rings is 1. The molecule has 2 rings (SSSR count). The van der Waals surface area contributed by atoms with Crippen molar-refractivity contribution in [1.29, 1.82) is 0 Å². The lowest BCUT2D eigenvalue weighted by molar-refractivity contribution is 0.605. The molecule has 0 saturated heterocycles. The van der Waals surface area contributed by atoms with Gasteiger partial charge in [-0.05, 0) is 18.1 Å². The van der Waals surface area contributed by atoms with E-state index in [0.717, 1.165) is 5.75 Å². The minimum absolute atomic E-state index is 0.669. The minimum Gasteiger partial charge on any atom is -0.477 e. The van der Waals surface area contributed by atoms with Crippen LogP contribution in [0.15, 0.2) is 24.3 Å². The van der Waals surface area contributed by atoms with Crippen molar-refractivity contribution in [1.82, 2.24) is 0 Å². The second kappa shape index (κ2) is 2.59. The van der Waals surface area contributed by atoms with Gasteiger partial charge in [0.1, 0.15) is 5.75 Å². The van der Waals surface area contributed by atoms with Crippen LogP contribution in [-0.4, -0.2) is 6.16 Å². The maximum Gasteiger partial charge on any atom is 0.126 e. The number of fused-ring (bicyclic) bond motifs is 1. The molecule has 0 fully saturated rings. The molecule has 2 heteroatoms. The highest BCUT2D eigenvalue weighted by Crippen LogP contribution is 2.31. The first-order chi connectivity index (χ1) is 4.97. The largest absolute Gasteiger partial charge is 0.477 e. The zero-order valence-electron chi connectivity index (χ0n) is 5.63. The molecule has 1 unspecified atom stereocenters. The highest BCUT2D eigenvalue weighted by Gasteiger charge is 2.07. The van der Waals surface area contributed by atoms with Crippen molar-refractivity contribution >= 4 is 8.81 Å². The molecule has 1 aliphatic rings. The maximum absolute atomic E-state index is 5.45. The van der Waals surface area contributed by atoms with Crippen LogP contribution in [0.4, 0.5) is 0 Å². The van der Waals surface area contributed by atoms with Crippen LogP contribution >= 0.6 is 8.81 Å². The average molecular weight is 152 g/mol. The van der Waals surface area contributed by atoms with Crippen LogP contribution in [-0.2, 0) is 6.42 Å². The van der Waals surface area contributed by atoms with Crippen molar-refractivity contribution in [2.24, 2.45) is 0 Å².